The quantitative estimate of drug-likeness (QED) is 0.0983. The lowest BCUT2D eigenvalue weighted by molar-refractivity contribution is -0.368. The van der Waals surface area contributed by atoms with Gasteiger partial charge in [0.1, 0.15) is 24.4 Å². The summed E-state index contributed by atoms with van der Waals surface area (Å²) in [4.78, 5) is 12.0. The molecule has 3 rings (SSSR count). The first kappa shape index (κ1) is 37.7. The van der Waals surface area contributed by atoms with Crippen LogP contribution in [0.3, 0.4) is 0 Å². The normalized spacial score (nSPS) is 34.4. The van der Waals surface area contributed by atoms with E-state index in [9.17, 15) is 58.8 Å². The second-order valence-corrected chi connectivity index (χ2v) is 12.1. The van der Waals surface area contributed by atoms with Gasteiger partial charge >= 0.3 is 12.1 Å². The second-order valence-electron chi connectivity index (χ2n) is 12.1. The summed E-state index contributed by atoms with van der Waals surface area (Å²) in [6, 6.07) is 0. The Balaban J connectivity index is 1.83. The van der Waals surface area contributed by atoms with Crippen molar-refractivity contribution in [2.24, 2.45) is 11.8 Å². The summed E-state index contributed by atoms with van der Waals surface area (Å²) in [6.07, 6.45) is -18.7. The predicted octanol–water partition coefficient (Wildman–Crippen LogP) is 1.61. The number of rotatable bonds is 14. The average molecular weight is 661 g/mol. The van der Waals surface area contributed by atoms with E-state index < -0.39 is 97.6 Å². The minimum Gasteiger partial charge on any atom is -0.505 e. The summed E-state index contributed by atoms with van der Waals surface area (Å²) in [5, 5.41) is 82.0. The maximum absolute atomic E-state index is 13.5. The predicted molar refractivity (Wildman–Crippen MR) is 147 cm³/mol. The Morgan fingerprint density at radius 1 is 0.956 bits per heavy atom. The van der Waals surface area contributed by atoms with E-state index in [0.717, 1.165) is 32.1 Å². The maximum atomic E-state index is 13.5. The van der Waals surface area contributed by atoms with Crippen molar-refractivity contribution in [3.05, 3.63) is 11.5 Å². The molecule has 2 aliphatic carbocycles. The summed E-state index contributed by atoms with van der Waals surface area (Å²) >= 11 is 0. The Bertz CT molecular complexity index is 960. The van der Waals surface area contributed by atoms with Gasteiger partial charge in [-0.15, -0.1) is 0 Å². The molecule has 16 heteroatoms. The van der Waals surface area contributed by atoms with Crippen molar-refractivity contribution in [2.45, 2.75) is 145 Å². The van der Waals surface area contributed by atoms with Crippen molar-refractivity contribution in [1.29, 1.82) is 0 Å². The van der Waals surface area contributed by atoms with Crippen molar-refractivity contribution in [3.8, 4) is 0 Å². The lowest BCUT2D eigenvalue weighted by atomic mass is 9.82. The minimum absolute atomic E-state index is 0.0273. The lowest BCUT2D eigenvalue weighted by Gasteiger charge is -2.45. The molecule has 8 N–H and O–H groups in total. The van der Waals surface area contributed by atoms with Crippen LogP contribution in [0.25, 0.3) is 0 Å². The highest BCUT2D eigenvalue weighted by molar-refractivity contribution is 5.72. The Morgan fingerprint density at radius 2 is 1.62 bits per heavy atom. The van der Waals surface area contributed by atoms with Crippen LogP contribution in [0.15, 0.2) is 11.5 Å². The van der Waals surface area contributed by atoms with Crippen LogP contribution in [0.2, 0.25) is 0 Å². The van der Waals surface area contributed by atoms with Crippen molar-refractivity contribution in [1.82, 2.24) is 0 Å². The number of aliphatic carboxylic acids is 1. The van der Waals surface area contributed by atoms with Crippen LogP contribution < -0.4 is 0 Å². The molecule has 262 valence electrons. The van der Waals surface area contributed by atoms with Crippen molar-refractivity contribution >= 4 is 5.97 Å². The standard InChI is InChI=1S/C29H47F3O13/c1-2-15-9-6-10-17(23(15)44-28-21(37)19(35)20(36)25(45-28)29(30,31)32)43-27(41)22(38)24(16(34)11-12-33)42-18(26(39)40)13-14-7-4-3-5-8-14/h14-21,23,25,27-28,33-38,41H,2-13H2,1H3,(H,39,40)/b24-22+/t15?,16-,17+,18-,19?,20-,21?,23?,25?,27-,28+/m0/s1. The molecule has 0 aromatic heterocycles. The third-order valence-electron chi connectivity index (χ3n) is 8.91. The molecule has 0 bridgehead atoms. The number of carboxylic acid groups (broad SMARTS) is 1. The summed E-state index contributed by atoms with van der Waals surface area (Å²) in [5.74, 6) is -3.50. The highest BCUT2D eigenvalue weighted by atomic mass is 19.4. The van der Waals surface area contributed by atoms with Crippen LogP contribution in [-0.2, 0) is 23.7 Å². The van der Waals surface area contributed by atoms with E-state index in [4.69, 9.17) is 18.9 Å². The highest BCUT2D eigenvalue weighted by Gasteiger charge is 2.56. The summed E-state index contributed by atoms with van der Waals surface area (Å²) in [7, 11) is 0. The van der Waals surface area contributed by atoms with E-state index >= 15 is 0 Å². The van der Waals surface area contributed by atoms with Gasteiger partial charge in [0.25, 0.3) is 0 Å². The third-order valence-corrected chi connectivity index (χ3v) is 8.91. The largest absolute Gasteiger partial charge is 0.505 e. The third kappa shape index (κ3) is 9.87. The van der Waals surface area contributed by atoms with Gasteiger partial charge in [-0.05, 0) is 31.1 Å². The number of hydrogen-bond acceptors (Lipinski definition) is 12. The van der Waals surface area contributed by atoms with Gasteiger partial charge in [-0.25, -0.2) is 4.79 Å². The maximum Gasteiger partial charge on any atom is 0.417 e. The van der Waals surface area contributed by atoms with Crippen molar-refractivity contribution < 1.29 is 77.8 Å². The van der Waals surface area contributed by atoms with Gasteiger partial charge < -0.3 is 59.8 Å². The molecule has 3 aliphatic rings. The Labute approximate surface area is 259 Å². The molecule has 0 aromatic carbocycles. The van der Waals surface area contributed by atoms with Gasteiger partial charge in [0.15, 0.2) is 30.0 Å². The fourth-order valence-electron chi connectivity index (χ4n) is 6.37. The zero-order chi connectivity index (χ0) is 33.5. The van der Waals surface area contributed by atoms with Crippen molar-refractivity contribution in [2.75, 3.05) is 6.61 Å². The molecular weight excluding hydrogens is 613 g/mol. The number of carbonyl (C=O) groups is 1. The number of aliphatic hydroxyl groups is 7. The molecular formula is C29H47F3O13. The Morgan fingerprint density at radius 3 is 2.20 bits per heavy atom. The highest BCUT2D eigenvalue weighted by Crippen LogP contribution is 2.38. The average Bonchev–Trinajstić information content (AvgIpc) is 2.99. The van der Waals surface area contributed by atoms with Gasteiger partial charge in [0.05, 0.1) is 12.2 Å². The van der Waals surface area contributed by atoms with Gasteiger partial charge in [0.2, 0.25) is 6.29 Å². The first-order valence-electron chi connectivity index (χ1n) is 15.6. The molecule has 0 aromatic rings. The summed E-state index contributed by atoms with van der Waals surface area (Å²) < 4.78 is 62.3. The molecule has 1 heterocycles. The zero-order valence-corrected chi connectivity index (χ0v) is 25.2. The molecule has 2 saturated carbocycles. The Hall–Kier alpha value is -1.76. The number of alkyl halides is 3. The van der Waals surface area contributed by atoms with Gasteiger partial charge in [-0.2, -0.15) is 13.2 Å². The van der Waals surface area contributed by atoms with E-state index in [-0.39, 0.29) is 25.2 Å². The van der Waals surface area contributed by atoms with Crippen LogP contribution in [0.4, 0.5) is 13.2 Å². The van der Waals surface area contributed by atoms with Crippen LogP contribution >= 0.6 is 0 Å². The zero-order valence-electron chi connectivity index (χ0n) is 25.2. The molecule has 1 aliphatic heterocycles. The molecule has 3 fully saturated rings. The summed E-state index contributed by atoms with van der Waals surface area (Å²) in [6.45, 7) is 1.20. The van der Waals surface area contributed by atoms with Crippen LogP contribution in [0.5, 0.6) is 0 Å². The van der Waals surface area contributed by atoms with Crippen LogP contribution in [0, 0.1) is 11.8 Å². The van der Waals surface area contributed by atoms with Crippen LogP contribution in [0.1, 0.15) is 77.6 Å². The lowest BCUT2D eigenvalue weighted by Crippen LogP contribution is -2.63. The fraction of sp³-hybridized carbons (Fsp3) is 0.897. The first-order valence-corrected chi connectivity index (χ1v) is 15.6. The van der Waals surface area contributed by atoms with Gasteiger partial charge in [-0.3, -0.25) is 0 Å². The molecule has 13 nitrogen and oxygen atoms in total. The smallest absolute Gasteiger partial charge is 0.417 e. The van der Waals surface area contributed by atoms with Crippen LogP contribution in [-0.4, -0.2) is 121 Å². The fourth-order valence-corrected chi connectivity index (χ4v) is 6.37. The number of hydrogen-bond donors (Lipinski definition) is 8. The van der Waals surface area contributed by atoms with E-state index in [1.54, 1.807) is 6.92 Å². The number of carboxylic acids is 1. The molecule has 0 amide bonds. The molecule has 1 saturated heterocycles. The van der Waals surface area contributed by atoms with E-state index in [0.29, 0.717) is 19.3 Å². The molecule has 5 unspecified atom stereocenters. The van der Waals surface area contributed by atoms with Crippen molar-refractivity contribution in [3.63, 3.8) is 0 Å². The Kier molecular flexibility index (Phi) is 14.1. The SMILES string of the molecule is CCC1CCC[C@@H](O[C@H](O)/C(O)=C(\O[C@@H](CC2CCCCC2)C(=O)O)[C@@H](O)CCO)C1O[C@@H]1OC(C(F)(F)F)[C@@H](O)C(O)C1O. The van der Waals surface area contributed by atoms with Gasteiger partial charge in [0, 0.05) is 13.0 Å². The number of ether oxygens (including phenoxy) is 4. The number of aliphatic hydroxyl groups excluding tert-OH is 7. The summed E-state index contributed by atoms with van der Waals surface area (Å²) in [5.41, 5.74) is 0. The molecule has 45 heavy (non-hydrogen) atoms. The molecule has 0 radical (unpaired) electrons. The number of halogens is 3. The second kappa shape index (κ2) is 16.9. The van der Waals surface area contributed by atoms with E-state index in [1.807, 2.05) is 0 Å². The van der Waals surface area contributed by atoms with E-state index in [2.05, 4.69) is 0 Å². The minimum atomic E-state index is -5.10. The van der Waals surface area contributed by atoms with Gasteiger partial charge in [-0.1, -0.05) is 51.9 Å². The first-order chi connectivity index (χ1) is 21.2. The topological polar surface area (TPSA) is 216 Å². The molecule has 0 spiro atoms. The van der Waals surface area contributed by atoms with E-state index in [1.165, 1.54) is 0 Å². The monoisotopic (exact) mass is 660 g/mol. The molecule has 11 atom stereocenters.